The standard InChI is InChI=1S/C12H15NO/c1-9-3-2-4-10-11(9)14-8-12(5-6-12)7-13-10/h2-4,13H,5-8H2,1H3. The van der Waals surface area contributed by atoms with Crippen molar-refractivity contribution < 1.29 is 4.74 Å². The van der Waals surface area contributed by atoms with Crippen molar-refractivity contribution in [1.29, 1.82) is 0 Å². The number of nitrogens with one attached hydrogen (secondary N) is 1. The summed E-state index contributed by atoms with van der Waals surface area (Å²) in [6, 6.07) is 6.28. The van der Waals surface area contributed by atoms with Crippen LogP contribution >= 0.6 is 0 Å². The fraction of sp³-hybridized carbons (Fsp3) is 0.500. The minimum absolute atomic E-state index is 0.450. The van der Waals surface area contributed by atoms with Gasteiger partial charge in [-0.05, 0) is 31.4 Å². The molecular formula is C12H15NO. The first kappa shape index (κ1) is 8.16. The maximum Gasteiger partial charge on any atom is 0.145 e. The topological polar surface area (TPSA) is 21.3 Å². The zero-order valence-electron chi connectivity index (χ0n) is 8.47. The number of ether oxygens (including phenoxy) is 1. The van der Waals surface area contributed by atoms with Crippen molar-refractivity contribution in [2.45, 2.75) is 19.8 Å². The van der Waals surface area contributed by atoms with Crippen molar-refractivity contribution in [1.82, 2.24) is 0 Å². The van der Waals surface area contributed by atoms with E-state index < -0.39 is 0 Å². The molecule has 0 bridgehead atoms. The summed E-state index contributed by atoms with van der Waals surface area (Å²) in [7, 11) is 0. The van der Waals surface area contributed by atoms with E-state index in [1.807, 2.05) is 0 Å². The summed E-state index contributed by atoms with van der Waals surface area (Å²) < 4.78 is 5.89. The maximum atomic E-state index is 5.89. The van der Waals surface area contributed by atoms with E-state index in [-0.39, 0.29) is 0 Å². The zero-order valence-corrected chi connectivity index (χ0v) is 8.47. The summed E-state index contributed by atoms with van der Waals surface area (Å²) in [6.07, 6.45) is 2.63. The van der Waals surface area contributed by atoms with Crippen molar-refractivity contribution in [2.24, 2.45) is 5.41 Å². The van der Waals surface area contributed by atoms with Gasteiger partial charge in [0, 0.05) is 12.0 Å². The highest BCUT2D eigenvalue weighted by Crippen LogP contribution is 2.48. The second-order valence-electron chi connectivity index (χ2n) is 4.59. The van der Waals surface area contributed by atoms with Crippen LogP contribution in [-0.4, -0.2) is 13.2 Å². The van der Waals surface area contributed by atoms with Gasteiger partial charge in [-0.25, -0.2) is 0 Å². The molecule has 74 valence electrons. The Balaban J connectivity index is 1.96. The van der Waals surface area contributed by atoms with Crippen LogP contribution in [0.3, 0.4) is 0 Å². The molecule has 2 heteroatoms. The van der Waals surface area contributed by atoms with Gasteiger partial charge in [-0.1, -0.05) is 12.1 Å². The lowest BCUT2D eigenvalue weighted by Gasteiger charge is -2.10. The average molecular weight is 189 g/mol. The molecule has 3 rings (SSSR count). The van der Waals surface area contributed by atoms with Gasteiger partial charge in [0.05, 0.1) is 12.3 Å². The Labute approximate surface area is 84.3 Å². The Hall–Kier alpha value is -1.18. The molecule has 0 amide bonds. The van der Waals surface area contributed by atoms with Crippen LogP contribution in [-0.2, 0) is 0 Å². The smallest absolute Gasteiger partial charge is 0.145 e. The molecule has 1 fully saturated rings. The number of aryl methyl sites for hydroxylation is 1. The van der Waals surface area contributed by atoms with E-state index in [1.54, 1.807) is 0 Å². The molecule has 14 heavy (non-hydrogen) atoms. The molecule has 1 N–H and O–H groups in total. The van der Waals surface area contributed by atoms with Crippen LogP contribution in [0.2, 0.25) is 0 Å². The van der Waals surface area contributed by atoms with E-state index in [1.165, 1.54) is 18.4 Å². The second kappa shape index (κ2) is 2.66. The molecule has 2 nitrogen and oxygen atoms in total. The van der Waals surface area contributed by atoms with Gasteiger partial charge in [0.1, 0.15) is 5.75 Å². The van der Waals surface area contributed by atoms with Crippen LogP contribution in [0.15, 0.2) is 18.2 Å². The first-order chi connectivity index (χ1) is 6.79. The summed E-state index contributed by atoms with van der Waals surface area (Å²) in [5, 5.41) is 3.49. The molecule has 1 heterocycles. The Kier molecular flexibility index (Phi) is 1.55. The molecule has 0 unspecified atom stereocenters. The molecular weight excluding hydrogens is 174 g/mol. The predicted molar refractivity (Wildman–Crippen MR) is 56.8 cm³/mol. The van der Waals surface area contributed by atoms with Gasteiger partial charge in [0.15, 0.2) is 0 Å². The zero-order chi connectivity index (χ0) is 9.60. The molecule has 1 aromatic rings. The quantitative estimate of drug-likeness (QED) is 0.677. The molecule has 1 saturated carbocycles. The summed E-state index contributed by atoms with van der Waals surface area (Å²) in [5.41, 5.74) is 2.84. The van der Waals surface area contributed by atoms with E-state index in [9.17, 15) is 0 Å². The van der Waals surface area contributed by atoms with Crippen LogP contribution in [0.1, 0.15) is 18.4 Å². The first-order valence-electron chi connectivity index (χ1n) is 5.25. The van der Waals surface area contributed by atoms with Crippen LogP contribution < -0.4 is 10.1 Å². The van der Waals surface area contributed by atoms with Crippen molar-refractivity contribution in [3.63, 3.8) is 0 Å². The Bertz CT molecular complexity index is 369. The Morgan fingerprint density at radius 1 is 1.36 bits per heavy atom. The number of hydrogen-bond donors (Lipinski definition) is 1. The van der Waals surface area contributed by atoms with Crippen LogP contribution in [0.5, 0.6) is 5.75 Å². The SMILES string of the molecule is Cc1cccc2c1OCC1(CC1)CN2. The Morgan fingerprint density at radius 3 is 3.00 bits per heavy atom. The highest BCUT2D eigenvalue weighted by molar-refractivity contribution is 5.60. The largest absolute Gasteiger partial charge is 0.490 e. The number of fused-ring (bicyclic) bond motifs is 1. The lowest BCUT2D eigenvalue weighted by molar-refractivity contribution is 0.250. The van der Waals surface area contributed by atoms with Crippen molar-refractivity contribution in [2.75, 3.05) is 18.5 Å². The monoisotopic (exact) mass is 189 g/mol. The summed E-state index contributed by atoms with van der Waals surface area (Å²) in [6.45, 7) is 4.06. The van der Waals surface area contributed by atoms with E-state index in [2.05, 4.69) is 30.4 Å². The third-order valence-corrected chi connectivity index (χ3v) is 3.35. The number of hydrogen-bond acceptors (Lipinski definition) is 2. The molecule has 1 aliphatic carbocycles. The van der Waals surface area contributed by atoms with E-state index in [0.29, 0.717) is 5.41 Å². The molecule has 1 spiro atoms. The highest BCUT2D eigenvalue weighted by Gasteiger charge is 2.44. The summed E-state index contributed by atoms with van der Waals surface area (Å²) in [4.78, 5) is 0. The highest BCUT2D eigenvalue weighted by atomic mass is 16.5. The van der Waals surface area contributed by atoms with Crippen molar-refractivity contribution in [3.8, 4) is 5.75 Å². The molecule has 0 radical (unpaired) electrons. The third-order valence-electron chi connectivity index (χ3n) is 3.35. The fourth-order valence-corrected chi connectivity index (χ4v) is 2.04. The van der Waals surface area contributed by atoms with E-state index in [0.717, 1.165) is 24.6 Å². The fourth-order valence-electron chi connectivity index (χ4n) is 2.04. The van der Waals surface area contributed by atoms with Crippen molar-refractivity contribution in [3.05, 3.63) is 23.8 Å². The second-order valence-corrected chi connectivity index (χ2v) is 4.59. The van der Waals surface area contributed by atoms with Gasteiger partial charge in [-0.2, -0.15) is 0 Å². The molecule has 1 aliphatic heterocycles. The molecule has 2 aliphatic rings. The maximum absolute atomic E-state index is 5.89. The lowest BCUT2D eigenvalue weighted by atomic mass is 10.1. The minimum Gasteiger partial charge on any atom is -0.490 e. The number of benzene rings is 1. The normalized spacial score (nSPS) is 21.8. The summed E-state index contributed by atoms with van der Waals surface area (Å²) >= 11 is 0. The molecule has 0 aromatic heterocycles. The van der Waals surface area contributed by atoms with Gasteiger partial charge in [-0.3, -0.25) is 0 Å². The molecule has 1 aromatic carbocycles. The van der Waals surface area contributed by atoms with Crippen LogP contribution in [0.25, 0.3) is 0 Å². The van der Waals surface area contributed by atoms with Gasteiger partial charge in [0.2, 0.25) is 0 Å². The molecule has 0 atom stereocenters. The Morgan fingerprint density at radius 2 is 2.21 bits per heavy atom. The number of para-hydroxylation sites is 1. The predicted octanol–water partition coefficient (Wildman–Crippen LogP) is 2.58. The van der Waals surface area contributed by atoms with E-state index >= 15 is 0 Å². The first-order valence-corrected chi connectivity index (χ1v) is 5.25. The number of anilines is 1. The average Bonchev–Trinajstić information content (AvgIpc) is 2.96. The lowest BCUT2D eigenvalue weighted by Crippen LogP contribution is -2.18. The van der Waals surface area contributed by atoms with Gasteiger partial charge >= 0.3 is 0 Å². The van der Waals surface area contributed by atoms with E-state index in [4.69, 9.17) is 4.74 Å². The van der Waals surface area contributed by atoms with Crippen LogP contribution in [0.4, 0.5) is 5.69 Å². The summed E-state index contributed by atoms with van der Waals surface area (Å²) in [5.74, 6) is 1.05. The van der Waals surface area contributed by atoms with Crippen LogP contribution in [0, 0.1) is 12.3 Å². The van der Waals surface area contributed by atoms with Crippen molar-refractivity contribution >= 4 is 5.69 Å². The number of rotatable bonds is 0. The molecule has 0 saturated heterocycles. The minimum atomic E-state index is 0.450. The van der Waals surface area contributed by atoms with Gasteiger partial charge in [0.25, 0.3) is 0 Å². The van der Waals surface area contributed by atoms with Gasteiger partial charge in [-0.15, -0.1) is 0 Å². The van der Waals surface area contributed by atoms with Gasteiger partial charge < -0.3 is 10.1 Å². The third kappa shape index (κ3) is 1.17.